The summed E-state index contributed by atoms with van der Waals surface area (Å²) in [5.41, 5.74) is 0.814. The Kier molecular flexibility index (Phi) is 6.35. The van der Waals surface area contributed by atoms with Crippen molar-refractivity contribution in [2.24, 2.45) is 10.1 Å². The van der Waals surface area contributed by atoms with Gasteiger partial charge in [-0.15, -0.1) is 11.3 Å². The number of benzene rings is 1. The van der Waals surface area contributed by atoms with Gasteiger partial charge >= 0.3 is 0 Å². The van der Waals surface area contributed by atoms with Crippen LogP contribution in [0.25, 0.3) is 0 Å². The number of sulfonamides is 1. The van der Waals surface area contributed by atoms with Crippen molar-refractivity contribution in [3.63, 3.8) is 0 Å². The van der Waals surface area contributed by atoms with E-state index in [-0.39, 0.29) is 4.90 Å². The van der Waals surface area contributed by atoms with Gasteiger partial charge in [-0.05, 0) is 42.1 Å². The number of thiophene rings is 1. The van der Waals surface area contributed by atoms with Gasteiger partial charge in [-0.1, -0.05) is 12.1 Å². The molecule has 0 spiro atoms. The molecule has 0 amide bonds. The van der Waals surface area contributed by atoms with E-state index < -0.39 is 10.0 Å². The predicted molar refractivity (Wildman–Crippen MR) is 111 cm³/mol. The molecule has 0 aliphatic carbocycles. The molecule has 2 aromatic rings. The highest BCUT2D eigenvalue weighted by Crippen LogP contribution is 2.22. The van der Waals surface area contributed by atoms with Crippen LogP contribution in [0.1, 0.15) is 12.5 Å². The fourth-order valence-electron chi connectivity index (χ4n) is 3.00. The van der Waals surface area contributed by atoms with E-state index in [4.69, 9.17) is 10.1 Å². The van der Waals surface area contributed by atoms with Crippen molar-refractivity contribution in [3.8, 4) is 0 Å². The number of hydrogen-bond acceptors (Lipinski definition) is 5. The lowest BCUT2D eigenvalue weighted by Crippen LogP contribution is -2.52. The van der Waals surface area contributed by atoms with Gasteiger partial charge in [0.25, 0.3) is 0 Å². The summed E-state index contributed by atoms with van der Waals surface area (Å²) >= 11 is 1.76. The standard InChI is InChI=1S/C18H25N5O2S2/c1-2-20-18(21-14-15-5-3-6-16(13-15)27(19,24)25)23-10-8-22(9-11-23)17-7-4-12-26-17/h3-7,12-13H,2,8-11,14H2,1H3,(H,20,21)(H2,19,24,25). The number of piperazine rings is 1. The number of anilines is 1. The van der Waals surface area contributed by atoms with Gasteiger partial charge in [-0.3, -0.25) is 0 Å². The van der Waals surface area contributed by atoms with E-state index in [1.165, 1.54) is 11.1 Å². The number of nitrogens with zero attached hydrogens (tertiary/aromatic N) is 3. The minimum atomic E-state index is -3.70. The molecule has 7 nitrogen and oxygen atoms in total. The molecular weight excluding hydrogens is 382 g/mol. The van der Waals surface area contributed by atoms with Crippen LogP contribution in [-0.2, 0) is 16.6 Å². The molecule has 9 heteroatoms. The summed E-state index contributed by atoms with van der Waals surface area (Å²) in [6.45, 7) is 6.90. The first-order valence-electron chi connectivity index (χ1n) is 8.91. The molecule has 1 aromatic heterocycles. The lowest BCUT2D eigenvalue weighted by molar-refractivity contribution is 0.373. The molecule has 0 saturated carbocycles. The summed E-state index contributed by atoms with van der Waals surface area (Å²) in [4.78, 5) is 9.45. The third kappa shape index (κ3) is 5.21. The van der Waals surface area contributed by atoms with Crippen LogP contribution < -0.4 is 15.4 Å². The summed E-state index contributed by atoms with van der Waals surface area (Å²) in [5, 5.41) is 11.9. The van der Waals surface area contributed by atoms with Crippen molar-refractivity contribution < 1.29 is 8.42 Å². The maximum Gasteiger partial charge on any atom is 0.238 e. The quantitative estimate of drug-likeness (QED) is 0.581. The summed E-state index contributed by atoms with van der Waals surface area (Å²) in [5.74, 6) is 0.851. The minimum Gasteiger partial charge on any atom is -0.360 e. The summed E-state index contributed by atoms with van der Waals surface area (Å²) in [6, 6.07) is 10.9. The van der Waals surface area contributed by atoms with Gasteiger partial charge in [0.1, 0.15) is 0 Å². The second kappa shape index (κ2) is 8.73. The van der Waals surface area contributed by atoms with Crippen LogP contribution in [0.5, 0.6) is 0 Å². The largest absolute Gasteiger partial charge is 0.360 e. The van der Waals surface area contributed by atoms with Crippen molar-refractivity contribution in [1.29, 1.82) is 0 Å². The van der Waals surface area contributed by atoms with Crippen molar-refractivity contribution in [1.82, 2.24) is 10.2 Å². The van der Waals surface area contributed by atoms with Crippen LogP contribution in [-0.4, -0.2) is 52.0 Å². The minimum absolute atomic E-state index is 0.116. The van der Waals surface area contributed by atoms with Gasteiger partial charge in [-0.2, -0.15) is 0 Å². The second-order valence-electron chi connectivity index (χ2n) is 6.29. The summed E-state index contributed by atoms with van der Waals surface area (Å²) in [7, 11) is -3.70. The van der Waals surface area contributed by atoms with Crippen molar-refractivity contribution in [3.05, 3.63) is 47.3 Å². The molecule has 1 aromatic carbocycles. The molecule has 0 radical (unpaired) electrons. The third-order valence-electron chi connectivity index (χ3n) is 4.37. The normalized spacial score (nSPS) is 15.9. The van der Waals surface area contributed by atoms with Crippen LogP contribution in [0.4, 0.5) is 5.00 Å². The van der Waals surface area contributed by atoms with E-state index in [2.05, 4.69) is 32.6 Å². The van der Waals surface area contributed by atoms with Gasteiger partial charge in [0.2, 0.25) is 10.0 Å². The highest BCUT2D eigenvalue weighted by molar-refractivity contribution is 7.89. The summed E-state index contributed by atoms with van der Waals surface area (Å²) < 4.78 is 23.0. The number of guanidine groups is 1. The number of primary sulfonamides is 1. The van der Waals surface area contributed by atoms with E-state index in [0.717, 1.165) is 44.2 Å². The fourth-order valence-corrected chi connectivity index (χ4v) is 4.37. The molecule has 3 rings (SSSR count). The topological polar surface area (TPSA) is 91.0 Å². The Bertz CT molecular complexity index is 873. The zero-order valence-corrected chi connectivity index (χ0v) is 17.0. The Balaban J connectivity index is 1.67. The molecular formula is C18H25N5O2S2. The molecule has 1 aliphatic heterocycles. The number of nitrogens with two attached hydrogens (primary N) is 1. The molecule has 1 fully saturated rings. The van der Waals surface area contributed by atoms with E-state index in [9.17, 15) is 8.42 Å². The monoisotopic (exact) mass is 407 g/mol. The predicted octanol–water partition coefficient (Wildman–Crippen LogP) is 1.68. The Morgan fingerprint density at radius 2 is 2.00 bits per heavy atom. The lowest BCUT2D eigenvalue weighted by Gasteiger charge is -2.37. The van der Waals surface area contributed by atoms with Crippen LogP contribution in [0, 0.1) is 0 Å². The molecule has 0 atom stereocenters. The Morgan fingerprint density at radius 3 is 2.63 bits per heavy atom. The van der Waals surface area contributed by atoms with Crippen LogP contribution >= 0.6 is 11.3 Å². The second-order valence-corrected chi connectivity index (χ2v) is 8.78. The van der Waals surface area contributed by atoms with E-state index >= 15 is 0 Å². The van der Waals surface area contributed by atoms with Crippen LogP contribution in [0.3, 0.4) is 0 Å². The highest BCUT2D eigenvalue weighted by Gasteiger charge is 2.20. The van der Waals surface area contributed by atoms with Gasteiger partial charge in [-0.25, -0.2) is 18.5 Å². The number of nitrogens with one attached hydrogen (secondary N) is 1. The van der Waals surface area contributed by atoms with Gasteiger partial charge in [0.15, 0.2) is 5.96 Å². The first-order chi connectivity index (χ1) is 13.0. The third-order valence-corrected chi connectivity index (χ3v) is 6.21. The highest BCUT2D eigenvalue weighted by atomic mass is 32.2. The zero-order valence-electron chi connectivity index (χ0n) is 15.3. The Labute approximate surface area is 164 Å². The number of rotatable bonds is 5. The van der Waals surface area contributed by atoms with E-state index in [1.807, 2.05) is 13.0 Å². The maximum atomic E-state index is 11.5. The van der Waals surface area contributed by atoms with Crippen molar-refractivity contribution in [2.75, 3.05) is 37.6 Å². The van der Waals surface area contributed by atoms with E-state index in [0.29, 0.717) is 6.54 Å². The van der Waals surface area contributed by atoms with Crippen LogP contribution in [0.15, 0.2) is 51.7 Å². The van der Waals surface area contributed by atoms with Gasteiger partial charge < -0.3 is 15.1 Å². The van der Waals surface area contributed by atoms with Crippen LogP contribution in [0.2, 0.25) is 0 Å². The van der Waals surface area contributed by atoms with E-state index in [1.54, 1.807) is 23.5 Å². The molecule has 1 aliphatic rings. The molecule has 146 valence electrons. The molecule has 27 heavy (non-hydrogen) atoms. The SMILES string of the molecule is CCNC(=NCc1cccc(S(N)(=O)=O)c1)N1CCN(c2cccs2)CC1. The van der Waals surface area contributed by atoms with Gasteiger partial charge in [0.05, 0.1) is 16.4 Å². The Morgan fingerprint density at radius 1 is 1.22 bits per heavy atom. The average molecular weight is 408 g/mol. The van der Waals surface area contributed by atoms with Gasteiger partial charge in [0, 0.05) is 32.7 Å². The van der Waals surface area contributed by atoms with Crippen molar-refractivity contribution in [2.45, 2.75) is 18.4 Å². The summed E-state index contributed by atoms with van der Waals surface area (Å²) in [6.07, 6.45) is 0. The fraction of sp³-hybridized carbons (Fsp3) is 0.389. The zero-order chi connectivity index (χ0) is 19.3. The van der Waals surface area contributed by atoms with Crippen molar-refractivity contribution >= 4 is 32.3 Å². The molecule has 0 bridgehead atoms. The lowest BCUT2D eigenvalue weighted by atomic mass is 10.2. The molecule has 2 heterocycles. The molecule has 1 saturated heterocycles. The molecule has 0 unspecified atom stereocenters. The molecule has 3 N–H and O–H groups in total. The first kappa shape index (κ1) is 19.7. The maximum absolute atomic E-state index is 11.5. The smallest absolute Gasteiger partial charge is 0.238 e. The first-order valence-corrected chi connectivity index (χ1v) is 11.3. The number of hydrogen-bond donors (Lipinski definition) is 2. The Hall–Kier alpha value is -2.10. The number of aliphatic imine (C=N–C) groups is 1. The average Bonchev–Trinajstić information content (AvgIpc) is 3.20.